The standard InChI is InChI=1S/C10H14ClNOS/c1-10(2,7-12-5-6-13)8-3-4-9(11)14-8/h3-4,6,12H,5,7H2,1-2H3. The summed E-state index contributed by atoms with van der Waals surface area (Å²) < 4.78 is 0.809. The Balaban J connectivity index is 2.60. The van der Waals surface area contributed by atoms with Crippen molar-refractivity contribution < 1.29 is 4.79 Å². The molecule has 0 saturated carbocycles. The molecular weight excluding hydrogens is 218 g/mol. The first-order valence-electron chi connectivity index (χ1n) is 4.46. The number of thiophene rings is 1. The number of nitrogens with one attached hydrogen (secondary N) is 1. The van der Waals surface area contributed by atoms with E-state index >= 15 is 0 Å². The average Bonchev–Trinajstić information content (AvgIpc) is 2.53. The maximum Gasteiger partial charge on any atom is 0.133 e. The molecule has 14 heavy (non-hydrogen) atoms. The molecule has 78 valence electrons. The van der Waals surface area contributed by atoms with Crippen LogP contribution in [0.2, 0.25) is 4.34 Å². The number of halogens is 1. The largest absolute Gasteiger partial charge is 0.309 e. The highest BCUT2D eigenvalue weighted by Gasteiger charge is 2.21. The summed E-state index contributed by atoms with van der Waals surface area (Å²) >= 11 is 7.46. The molecule has 0 aliphatic heterocycles. The van der Waals surface area contributed by atoms with Gasteiger partial charge in [-0.2, -0.15) is 0 Å². The van der Waals surface area contributed by atoms with Crippen molar-refractivity contribution in [2.45, 2.75) is 19.3 Å². The normalized spacial score (nSPS) is 11.6. The molecule has 0 fully saturated rings. The van der Waals surface area contributed by atoms with Crippen molar-refractivity contribution in [1.82, 2.24) is 5.32 Å². The van der Waals surface area contributed by atoms with Crippen LogP contribution < -0.4 is 5.32 Å². The molecule has 0 spiro atoms. The fraction of sp³-hybridized carbons (Fsp3) is 0.500. The van der Waals surface area contributed by atoms with Crippen LogP contribution in [-0.4, -0.2) is 19.4 Å². The maximum absolute atomic E-state index is 10.2. The quantitative estimate of drug-likeness (QED) is 0.623. The monoisotopic (exact) mass is 231 g/mol. The molecule has 1 heterocycles. The first kappa shape index (κ1) is 11.7. The van der Waals surface area contributed by atoms with Gasteiger partial charge in [0.25, 0.3) is 0 Å². The minimum atomic E-state index is 0.0286. The number of aldehydes is 1. The molecule has 0 radical (unpaired) electrons. The summed E-state index contributed by atoms with van der Waals surface area (Å²) in [5.74, 6) is 0. The highest BCUT2D eigenvalue weighted by Crippen LogP contribution is 2.31. The van der Waals surface area contributed by atoms with E-state index in [1.165, 1.54) is 4.88 Å². The van der Waals surface area contributed by atoms with Crippen molar-refractivity contribution in [1.29, 1.82) is 0 Å². The third-order valence-corrected chi connectivity index (χ3v) is 3.63. The lowest BCUT2D eigenvalue weighted by atomic mass is 9.91. The molecule has 4 heteroatoms. The summed E-state index contributed by atoms with van der Waals surface area (Å²) in [4.78, 5) is 11.4. The van der Waals surface area contributed by atoms with Crippen molar-refractivity contribution in [3.63, 3.8) is 0 Å². The van der Waals surface area contributed by atoms with Gasteiger partial charge in [0.1, 0.15) is 6.29 Å². The van der Waals surface area contributed by atoms with Crippen LogP contribution in [0.1, 0.15) is 18.7 Å². The summed E-state index contributed by atoms with van der Waals surface area (Å²) in [6.45, 7) is 5.45. The lowest BCUT2D eigenvalue weighted by molar-refractivity contribution is -0.107. The molecule has 2 nitrogen and oxygen atoms in total. The van der Waals surface area contributed by atoms with Gasteiger partial charge in [-0.05, 0) is 12.1 Å². The Morgan fingerprint density at radius 2 is 2.29 bits per heavy atom. The Kier molecular flexibility index (Phi) is 4.11. The van der Waals surface area contributed by atoms with Crippen molar-refractivity contribution in [3.05, 3.63) is 21.3 Å². The summed E-state index contributed by atoms with van der Waals surface area (Å²) in [7, 11) is 0. The van der Waals surface area contributed by atoms with Crippen LogP contribution in [0.3, 0.4) is 0 Å². The topological polar surface area (TPSA) is 29.1 Å². The Labute approximate surface area is 93.3 Å². The minimum absolute atomic E-state index is 0.0286. The molecule has 1 aromatic heterocycles. The maximum atomic E-state index is 10.2. The van der Waals surface area contributed by atoms with E-state index in [4.69, 9.17) is 11.6 Å². The Bertz CT molecular complexity index is 309. The zero-order chi connectivity index (χ0) is 10.6. The molecule has 0 unspecified atom stereocenters. The van der Waals surface area contributed by atoms with Crippen LogP contribution in [0.15, 0.2) is 12.1 Å². The van der Waals surface area contributed by atoms with Crippen LogP contribution >= 0.6 is 22.9 Å². The molecule has 0 amide bonds. The second-order valence-corrected chi connectivity index (χ2v) is 5.50. The van der Waals surface area contributed by atoms with Gasteiger partial charge in [0.2, 0.25) is 0 Å². The summed E-state index contributed by atoms with van der Waals surface area (Å²) in [6.07, 6.45) is 0.873. The predicted molar refractivity (Wildman–Crippen MR) is 61.3 cm³/mol. The van der Waals surface area contributed by atoms with E-state index in [2.05, 4.69) is 19.2 Å². The highest BCUT2D eigenvalue weighted by molar-refractivity contribution is 7.16. The minimum Gasteiger partial charge on any atom is -0.309 e. The van der Waals surface area contributed by atoms with Crippen molar-refractivity contribution in [2.24, 2.45) is 0 Å². The molecule has 0 aliphatic rings. The molecule has 1 rings (SSSR count). The number of hydrogen-bond donors (Lipinski definition) is 1. The average molecular weight is 232 g/mol. The predicted octanol–water partition coefficient (Wildman–Crippen LogP) is 2.47. The van der Waals surface area contributed by atoms with Crippen LogP contribution in [0.25, 0.3) is 0 Å². The first-order valence-corrected chi connectivity index (χ1v) is 5.66. The summed E-state index contributed by atoms with van der Waals surface area (Å²) in [5.41, 5.74) is 0.0286. The zero-order valence-corrected chi connectivity index (χ0v) is 9.91. The number of carbonyl (C=O) groups is 1. The Hall–Kier alpha value is -0.380. The smallest absolute Gasteiger partial charge is 0.133 e. The molecular formula is C10H14ClNOS. The van der Waals surface area contributed by atoms with Gasteiger partial charge in [0.05, 0.1) is 10.9 Å². The number of hydrogen-bond acceptors (Lipinski definition) is 3. The van der Waals surface area contributed by atoms with Gasteiger partial charge in [-0.25, -0.2) is 0 Å². The second kappa shape index (κ2) is 4.91. The fourth-order valence-corrected chi connectivity index (χ4v) is 2.35. The third-order valence-electron chi connectivity index (χ3n) is 2.03. The van der Waals surface area contributed by atoms with Gasteiger partial charge in [0, 0.05) is 16.8 Å². The van der Waals surface area contributed by atoms with E-state index in [1.807, 2.05) is 12.1 Å². The fourth-order valence-electron chi connectivity index (χ4n) is 1.21. The van der Waals surface area contributed by atoms with Crippen LogP contribution in [0, 0.1) is 0 Å². The lowest BCUT2D eigenvalue weighted by Crippen LogP contribution is -2.33. The van der Waals surface area contributed by atoms with E-state index in [9.17, 15) is 4.79 Å². The summed E-state index contributed by atoms with van der Waals surface area (Å²) in [5, 5.41) is 3.08. The number of rotatable bonds is 5. The van der Waals surface area contributed by atoms with Gasteiger partial charge in [-0.15, -0.1) is 11.3 Å². The zero-order valence-electron chi connectivity index (χ0n) is 8.34. The Morgan fingerprint density at radius 3 is 2.79 bits per heavy atom. The van der Waals surface area contributed by atoms with Gasteiger partial charge >= 0.3 is 0 Å². The van der Waals surface area contributed by atoms with Gasteiger partial charge in [-0.3, -0.25) is 0 Å². The van der Waals surface area contributed by atoms with Crippen molar-refractivity contribution >= 4 is 29.2 Å². The molecule has 0 saturated heterocycles. The SMILES string of the molecule is CC(C)(CNCC=O)c1ccc(Cl)s1. The van der Waals surface area contributed by atoms with Gasteiger partial charge in [-0.1, -0.05) is 25.4 Å². The first-order chi connectivity index (χ1) is 6.56. The van der Waals surface area contributed by atoms with E-state index < -0.39 is 0 Å². The van der Waals surface area contributed by atoms with E-state index in [0.29, 0.717) is 6.54 Å². The lowest BCUT2D eigenvalue weighted by Gasteiger charge is -2.23. The van der Waals surface area contributed by atoms with Crippen LogP contribution in [0.4, 0.5) is 0 Å². The van der Waals surface area contributed by atoms with E-state index in [1.54, 1.807) is 11.3 Å². The molecule has 0 aromatic carbocycles. The highest BCUT2D eigenvalue weighted by atomic mass is 35.5. The van der Waals surface area contributed by atoms with Crippen LogP contribution in [0.5, 0.6) is 0 Å². The summed E-state index contributed by atoms with van der Waals surface area (Å²) in [6, 6.07) is 3.94. The number of carbonyl (C=O) groups excluding carboxylic acids is 1. The van der Waals surface area contributed by atoms with Gasteiger partial charge in [0.15, 0.2) is 0 Å². The molecule has 0 bridgehead atoms. The van der Waals surface area contributed by atoms with E-state index in [0.717, 1.165) is 17.2 Å². The molecule has 0 aliphatic carbocycles. The van der Waals surface area contributed by atoms with Crippen molar-refractivity contribution in [2.75, 3.05) is 13.1 Å². The van der Waals surface area contributed by atoms with Crippen LogP contribution in [-0.2, 0) is 10.2 Å². The Morgan fingerprint density at radius 1 is 1.57 bits per heavy atom. The van der Waals surface area contributed by atoms with Gasteiger partial charge < -0.3 is 10.1 Å². The third kappa shape index (κ3) is 3.08. The molecule has 0 atom stereocenters. The molecule has 1 N–H and O–H groups in total. The van der Waals surface area contributed by atoms with Crippen molar-refractivity contribution in [3.8, 4) is 0 Å². The second-order valence-electron chi connectivity index (χ2n) is 3.79. The molecule has 1 aromatic rings. The van der Waals surface area contributed by atoms with E-state index in [-0.39, 0.29) is 5.41 Å².